The molecule has 8 atom stereocenters. The molecule has 23 heavy (non-hydrogen) atoms. The second-order valence-corrected chi connectivity index (χ2v) is 10.0. The highest BCUT2D eigenvalue weighted by Crippen LogP contribution is 2.63. The predicted molar refractivity (Wildman–Crippen MR) is 92.9 cm³/mol. The monoisotopic (exact) mass is 320 g/mol. The largest absolute Gasteiger partial charge is 0.396 e. The molecule has 4 rings (SSSR count). The highest BCUT2D eigenvalue weighted by atomic mass is 16.3. The molecule has 0 aromatic heterocycles. The summed E-state index contributed by atoms with van der Waals surface area (Å²) in [6.45, 7) is 4.96. The average molecular weight is 321 g/mol. The van der Waals surface area contributed by atoms with E-state index >= 15 is 0 Å². The van der Waals surface area contributed by atoms with Crippen LogP contribution >= 0.6 is 0 Å². The lowest BCUT2D eigenvalue weighted by Gasteiger charge is -2.60. The number of aliphatic hydroxyl groups excluding tert-OH is 1. The van der Waals surface area contributed by atoms with Gasteiger partial charge in [0.15, 0.2) is 0 Å². The second-order valence-electron chi connectivity index (χ2n) is 10.0. The van der Waals surface area contributed by atoms with Crippen molar-refractivity contribution >= 4 is 0 Å². The normalized spacial score (nSPS) is 56.3. The molecular formula is C21H36O2. The lowest BCUT2D eigenvalue weighted by molar-refractivity contribution is -0.132. The molecule has 0 radical (unpaired) electrons. The van der Waals surface area contributed by atoms with Crippen LogP contribution in [0.5, 0.6) is 0 Å². The lowest BCUT2D eigenvalue weighted by Crippen LogP contribution is -2.54. The van der Waals surface area contributed by atoms with Gasteiger partial charge in [-0.2, -0.15) is 0 Å². The molecule has 0 heterocycles. The summed E-state index contributed by atoms with van der Waals surface area (Å²) in [7, 11) is 0. The van der Waals surface area contributed by atoms with Gasteiger partial charge in [-0.3, -0.25) is 0 Å². The fourth-order valence-electron chi connectivity index (χ4n) is 7.69. The number of rotatable bonds is 1. The van der Waals surface area contributed by atoms with Crippen LogP contribution in [0.25, 0.3) is 0 Å². The van der Waals surface area contributed by atoms with Crippen LogP contribution in [0.2, 0.25) is 0 Å². The van der Waals surface area contributed by atoms with E-state index in [1.165, 1.54) is 51.4 Å². The van der Waals surface area contributed by atoms with Gasteiger partial charge in [0.1, 0.15) is 0 Å². The van der Waals surface area contributed by atoms with Crippen molar-refractivity contribution in [2.45, 2.75) is 83.7 Å². The third-order valence-corrected chi connectivity index (χ3v) is 8.90. The molecule has 4 aliphatic rings. The summed E-state index contributed by atoms with van der Waals surface area (Å²) in [5.74, 6) is 4.89. The third-order valence-electron chi connectivity index (χ3n) is 8.90. The highest BCUT2D eigenvalue weighted by Gasteiger charge is 2.55. The van der Waals surface area contributed by atoms with Gasteiger partial charge in [0.25, 0.3) is 0 Å². The van der Waals surface area contributed by atoms with Crippen molar-refractivity contribution in [1.29, 1.82) is 0 Å². The maximum atomic E-state index is 10.5. The minimum atomic E-state index is -0.399. The summed E-state index contributed by atoms with van der Waals surface area (Å²) in [5, 5.41) is 20.4. The van der Waals surface area contributed by atoms with Crippen LogP contribution in [0, 0.1) is 40.9 Å². The van der Waals surface area contributed by atoms with E-state index < -0.39 is 5.60 Å². The first kappa shape index (κ1) is 16.4. The van der Waals surface area contributed by atoms with Crippen molar-refractivity contribution in [3.05, 3.63) is 0 Å². The van der Waals surface area contributed by atoms with E-state index in [1.54, 1.807) is 0 Å². The number of hydrogen-bond acceptors (Lipinski definition) is 2. The Morgan fingerprint density at radius 2 is 1.65 bits per heavy atom. The van der Waals surface area contributed by atoms with E-state index in [9.17, 15) is 10.2 Å². The summed E-state index contributed by atoms with van der Waals surface area (Å²) in [5.41, 5.74) is 0.00513. The van der Waals surface area contributed by atoms with Crippen LogP contribution in [-0.4, -0.2) is 22.4 Å². The van der Waals surface area contributed by atoms with Gasteiger partial charge in [-0.25, -0.2) is 0 Å². The first-order valence-electron chi connectivity index (χ1n) is 10.3. The number of hydrogen-bond donors (Lipinski definition) is 2. The molecule has 4 saturated carbocycles. The van der Waals surface area contributed by atoms with Crippen molar-refractivity contribution in [2.24, 2.45) is 40.9 Å². The van der Waals surface area contributed by atoms with Crippen LogP contribution < -0.4 is 0 Å². The molecule has 0 amide bonds. The first-order valence-corrected chi connectivity index (χ1v) is 10.3. The van der Waals surface area contributed by atoms with E-state index in [0.29, 0.717) is 17.9 Å². The fourth-order valence-corrected chi connectivity index (χ4v) is 7.69. The number of fused-ring (bicyclic) bond motifs is 5. The van der Waals surface area contributed by atoms with E-state index in [0.717, 1.165) is 42.4 Å². The third kappa shape index (κ3) is 2.59. The first-order chi connectivity index (χ1) is 10.9. The molecule has 0 bridgehead atoms. The molecule has 132 valence electrons. The van der Waals surface area contributed by atoms with Gasteiger partial charge in [0.2, 0.25) is 0 Å². The Hall–Kier alpha value is -0.0800. The molecule has 2 heteroatoms. The standard InChI is InChI=1S/C21H36O2/c1-20(23)10-8-16-14(12-20)6-7-18-17(16)9-11-21(2)15(13-22)4-3-5-19(18)21/h14-19,22-23H,3-13H2,1-2H3/t14-,15-,16+,17-,18-,19+,20-,21-/m1/s1. The van der Waals surface area contributed by atoms with E-state index in [1.807, 2.05) is 0 Å². The highest BCUT2D eigenvalue weighted by molar-refractivity contribution is 5.05. The maximum Gasteiger partial charge on any atom is 0.0622 e. The van der Waals surface area contributed by atoms with Gasteiger partial charge in [0, 0.05) is 6.61 Å². The van der Waals surface area contributed by atoms with Crippen molar-refractivity contribution in [2.75, 3.05) is 6.61 Å². The predicted octanol–water partition coefficient (Wildman–Crippen LogP) is 4.39. The fraction of sp³-hybridized carbons (Fsp3) is 1.00. The summed E-state index contributed by atoms with van der Waals surface area (Å²) in [4.78, 5) is 0. The second kappa shape index (κ2) is 5.73. The average Bonchev–Trinajstić information content (AvgIpc) is 2.52. The Labute approximate surface area is 142 Å². The number of aliphatic hydroxyl groups is 2. The van der Waals surface area contributed by atoms with Crippen molar-refractivity contribution < 1.29 is 10.2 Å². The molecule has 0 aromatic carbocycles. The van der Waals surface area contributed by atoms with Gasteiger partial charge in [-0.1, -0.05) is 13.3 Å². The smallest absolute Gasteiger partial charge is 0.0622 e. The van der Waals surface area contributed by atoms with Gasteiger partial charge < -0.3 is 10.2 Å². The minimum absolute atomic E-state index is 0.399. The minimum Gasteiger partial charge on any atom is -0.396 e. The van der Waals surface area contributed by atoms with Gasteiger partial charge in [0.05, 0.1) is 5.60 Å². The Balaban J connectivity index is 1.55. The topological polar surface area (TPSA) is 40.5 Å². The summed E-state index contributed by atoms with van der Waals surface area (Å²) >= 11 is 0. The SMILES string of the molecule is C[C@@]1(O)CC[C@H]2[C@H](CC[C@@H]3[C@@H]2CC[C@]2(C)[C@@H](CO)CCC[C@@H]32)C1. The van der Waals surface area contributed by atoms with E-state index in [2.05, 4.69) is 13.8 Å². The van der Waals surface area contributed by atoms with Crippen LogP contribution in [0.15, 0.2) is 0 Å². The molecule has 0 saturated heterocycles. The van der Waals surface area contributed by atoms with E-state index in [-0.39, 0.29) is 0 Å². The zero-order valence-corrected chi connectivity index (χ0v) is 15.1. The van der Waals surface area contributed by atoms with Crippen LogP contribution in [0.3, 0.4) is 0 Å². The van der Waals surface area contributed by atoms with Gasteiger partial charge in [-0.15, -0.1) is 0 Å². The van der Waals surface area contributed by atoms with Crippen LogP contribution in [-0.2, 0) is 0 Å². The van der Waals surface area contributed by atoms with Crippen molar-refractivity contribution in [1.82, 2.24) is 0 Å². The summed E-state index contributed by atoms with van der Waals surface area (Å²) in [6.07, 6.45) is 12.8. The van der Waals surface area contributed by atoms with Crippen molar-refractivity contribution in [3.63, 3.8) is 0 Å². The van der Waals surface area contributed by atoms with E-state index in [4.69, 9.17) is 0 Å². The Morgan fingerprint density at radius 1 is 0.870 bits per heavy atom. The summed E-state index contributed by atoms with van der Waals surface area (Å²) in [6, 6.07) is 0. The Kier molecular flexibility index (Phi) is 4.08. The molecule has 4 fully saturated rings. The van der Waals surface area contributed by atoms with Crippen LogP contribution in [0.1, 0.15) is 78.1 Å². The maximum absolute atomic E-state index is 10.5. The van der Waals surface area contributed by atoms with Gasteiger partial charge in [-0.05, 0) is 106 Å². The van der Waals surface area contributed by atoms with Crippen LogP contribution in [0.4, 0.5) is 0 Å². The quantitative estimate of drug-likeness (QED) is 0.752. The van der Waals surface area contributed by atoms with Gasteiger partial charge >= 0.3 is 0 Å². The zero-order chi connectivity index (χ0) is 16.2. The molecule has 0 aliphatic heterocycles. The Morgan fingerprint density at radius 3 is 2.43 bits per heavy atom. The zero-order valence-electron chi connectivity index (χ0n) is 15.1. The summed E-state index contributed by atoms with van der Waals surface area (Å²) < 4.78 is 0. The molecule has 0 unspecified atom stereocenters. The lowest BCUT2D eigenvalue weighted by atomic mass is 9.45. The van der Waals surface area contributed by atoms with Crippen molar-refractivity contribution in [3.8, 4) is 0 Å². The molecule has 0 aromatic rings. The molecule has 0 spiro atoms. The molecular weight excluding hydrogens is 284 g/mol. The molecule has 2 N–H and O–H groups in total. The Bertz CT molecular complexity index is 445. The molecule has 2 nitrogen and oxygen atoms in total. The molecule has 4 aliphatic carbocycles.